The Bertz CT molecular complexity index is 498. The fraction of sp³-hybridized carbons (Fsp3) is 0. The number of nitrogen functional groups attached to an aromatic ring is 1. The molecule has 0 radical (unpaired) electrons. The minimum Gasteiger partial charge on any atom is -0.394 e. The van der Waals surface area contributed by atoms with E-state index in [2.05, 4.69) is 15.3 Å². The van der Waals surface area contributed by atoms with Gasteiger partial charge in [0, 0.05) is 0 Å². The predicted molar refractivity (Wildman–Crippen MR) is 61.1 cm³/mol. The van der Waals surface area contributed by atoms with Crippen molar-refractivity contribution in [1.29, 1.82) is 0 Å². The molecule has 0 atom stereocenters. The summed E-state index contributed by atoms with van der Waals surface area (Å²) in [4.78, 5) is 7.61. The molecule has 4 nitrogen and oxygen atoms in total. The van der Waals surface area contributed by atoms with Gasteiger partial charge in [-0.2, -0.15) is 0 Å². The molecule has 0 saturated carbocycles. The maximum absolute atomic E-state index is 13.4. The lowest BCUT2D eigenvalue weighted by molar-refractivity contribution is 0.632. The van der Waals surface area contributed by atoms with Crippen molar-refractivity contribution in [2.45, 2.75) is 0 Å². The molecule has 0 aliphatic rings. The first kappa shape index (κ1) is 10.6. The Labute approximate surface area is 96.3 Å². The summed E-state index contributed by atoms with van der Waals surface area (Å²) in [5.74, 6) is -0.146. The molecule has 82 valence electrons. The third-order valence-corrected chi connectivity index (χ3v) is 2.26. The summed E-state index contributed by atoms with van der Waals surface area (Å²) in [5, 5.41) is 2.99. The van der Waals surface area contributed by atoms with Gasteiger partial charge in [-0.15, -0.1) is 0 Å². The normalized spacial score (nSPS) is 10.1. The first-order valence-electron chi connectivity index (χ1n) is 4.45. The molecular formula is C10H8ClFN4. The van der Waals surface area contributed by atoms with E-state index >= 15 is 0 Å². The van der Waals surface area contributed by atoms with E-state index < -0.39 is 5.82 Å². The van der Waals surface area contributed by atoms with Crippen molar-refractivity contribution in [3.8, 4) is 0 Å². The van der Waals surface area contributed by atoms with Crippen LogP contribution < -0.4 is 11.1 Å². The Morgan fingerprint density at radius 2 is 2.19 bits per heavy atom. The summed E-state index contributed by atoms with van der Waals surface area (Å²) in [5.41, 5.74) is 6.08. The molecule has 16 heavy (non-hydrogen) atoms. The zero-order valence-corrected chi connectivity index (χ0v) is 8.87. The Kier molecular flexibility index (Phi) is 2.87. The number of nitrogens with zero attached hydrogens (tertiary/aromatic N) is 2. The molecule has 0 aliphatic carbocycles. The Morgan fingerprint density at radius 3 is 2.88 bits per heavy atom. The number of rotatable bonds is 2. The molecule has 0 bridgehead atoms. The number of anilines is 3. The number of hydrogen-bond donors (Lipinski definition) is 2. The second kappa shape index (κ2) is 4.32. The molecule has 0 saturated heterocycles. The maximum atomic E-state index is 13.4. The topological polar surface area (TPSA) is 63.8 Å². The molecule has 1 heterocycles. The quantitative estimate of drug-likeness (QED) is 0.844. The van der Waals surface area contributed by atoms with Crippen LogP contribution in [0.4, 0.5) is 21.6 Å². The van der Waals surface area contributed by atoms with Crippen LogP contribution in [0.25, 0.3) is 0 Å². The van der Waals surface area contributed by atoms with E-state index in [1.54, 1.807) is 6.07 Å². The Hall–Kier alpha value is -1.88. The lowest BCUT2D eigenvalue weighted by Gasteiger charge is -2.09. The highest BCUT2D eigenvalue weighted by molar-refractivity contribution is 6.33. The van der Waals surface area contributed by atoms with Crippen LogP contribution in [0, 0.1) is 5.82 Å². The molecule has 2 rings (SSSR count). The fourth-order valence-corrected chi connectivity index (χ4v) is 1.39. The molecule has 2 aromatic rings. The van der Waals surface area contributed by atoms with Gasteiger partial charge in [-0.05, 0) is 12.1 Å². The Morgan fingerprint density at radius 1 is 1.38 bits per heavy atom. The van der Waals surface area contributed by atoms with Crippen molar-refractivity contribution < 1.29 is 4.39 Å². The molecule has 0 spiro atoms. The molecular weight excluding hydrogens is 231 g/mol. The predicted octanol–water partition coefficient (Wildman–Crippen LogP) is 2.59. The van der Waals surface area contributed by atoms with Crippen LogP contribution in [-0.4, -0.2) is 9.97 Å². The summed E-state index contributed by atoms with van der Waals surface area (Å²) in [6.07, 6.45) is 2.73. The monoisotopic (exact) mass is 238 g/mol. The van der Waals surface area contributed by atoms with Gasteiger partial charge in [-0.3, -0.25) is 0 Å². The van der Waals surface area contributed by atoms with E-state index in [1.807, 2.05) is 0 Å². The van der Waals surface area contributed by atoms with Crippen molar-refractivity contribution in [3.63, 3.8) is 0 Å². The second-order valence-electron chi connectivity index (χ2n) is 3.05. The molecule has 1 aromatic heterocycles. The van der Waals surface area contributed by atoms with E-state index in [1.165, 1.54) is 24.7 Å². The molecule has 0 amide bonds. The number of aromatic nitrogens is 2. The zero-order chi connectivity index (χ0) is 11.5. The van der Waals surface area contributed by atoms with E-state index in [4.69, 9.17) is 17.3 Å². The first-order chi connectivity index (χ1) is 7.68. The van der Waals surface area contributed by atoms with Crippen molar-refractivity contribution in [3.05, 3.63) is 41.6 Å². The number of nitrogens with one attached hydrogen (secondary N) is 1. The minimum atomic E-state index is -0.467. The summed E-state index contributed by atoms with van der Waals surface area (Å²) < 4.78 is 13.4. The van der Waals surface area contributed by atoms with E-state index in [0.29, 0.717) is 11.5 Å². The minimum absolute atomic E-state index is 0.148. The van der Waals surface area contributed by atoms with Crippen molar-refractivity contribution in [1.82, 2.24) is 9.97 Å². The van der Waals surface area contributed by atoms with Crippen molar-refractivity contribution >= 4 is 28.8 Å². The number of nitrogens with two attached hydrogens (primary N) is 1. The smallest absolute Gasteiger partial charge is 0.157 e. The molecule has 0 unspecified atom stereocenters. The SMILES string of the molecule is Nc1cncnc1Nc1c(F)cccc1Cl. The van der Waals surface area contributed by atoms with Gasteiger partial charge in [0.1, 0.15) is 12.1 Å². The molecule has 0 aliphatic heterocycles. The van der Waals surface area contributed by atoms with Crippen LogP contribution in [0.3, 0.4) is 0 Å². The summed E-state index contributed by atoms with van der Waals surface area (Å²) in [7, 11) is 0. The summed E-state index contributed by atoms with van der Waals surface area (Å²) in [6.45, 7) is 0. The van der Waals surface area contributed by atoms with Gasteiger partial charge in [0.15, 0.2) is 5.82 Å². The highest BCUT2D eigenvalue weighted by atomic mass is 35.5. The Balaban J connectivity index is 2.38. The number of halogens is 2. The van der Waals surface area contributed by atoms with E-state index in [-0.39, 0.29) is 10.7 Å². The maximum Gasteiger partial charge on any atom is 0.157 e. The van der Waals surface area contributed by atoms with Gasteiger partial charge in [0.05, 0.1) is 22.6 Å². The van der Waals surface area contributed by atoms with Crippen LogP contribution in [-0.2, 0) is 0 Å². The summed E-state index contributed by atoms with van der Waals surface area (Å²) >= 11 is 5.85. The third-order valence-electron chi connectivity index (χ3n) is 1.95. The van der Waals surface area contributed by atoms with Crippen molar-refractivity contribution in [2.24, 2.45) is 0 Å². The number of benzene rings is 1. The lowest BCUT2D eigenvalue weighted by Crippen LogP contribution is -2.01. The number of hydrogen-bond acceptors (Lipinski definition) is 4. The van der Waals surface area contributed by atoms with Gasteiger partial charge in [-0.1, -0.05) is 17.7 Å². The largest absolute Gasteiger partial charge is 0.394 e. The fourth-order valence-electron chi connectivity index (χ4n) is 1.18. The highest BCUT2D eigenvalue weighted by Gasteiger charge is 2.09. The van der Waals surface area contributed by atoms with Crippen LogP contribution in [0.2, 0.25) is 5.02 Å². The molecule has 3 N–H and O–H groups in total. The number of para-hydroxylation sites is 1. The van der Waals surface area contributed by atoms with Gasteiger partial charge >= 0.3 is 0 Å². The van der Waals surface area contributed by atoms with Gasteiger partial charge in [0.25, 0.3) is 0 Å². The van der Waals surface area contributed by atoms with Crippen molar-refractivity contribution in [2.75, 3.05) is 11.1 Å². The van der Waals surface area contributed by atoms with E-state index in [9.17, 15) is 4.39 Å². The highest BCUT2D eigenvalue weighted by Crippen LogP contribution is 2.28. The van der Waals surface area contributed by atoms with Gasteiger partial charge < -0.3 is 11.1 Å². The van der Waals surface area contributed by atoms with Crippen LogP contribution in [0.15, 0.2) is 30.7 Å². The van der Waals surface area contributed by atoms with Gasteiger partial charge in [-0.25, -0.2) is 14.4 Å². The van der Waals surface area contributed by atoms with Crippen LogP contribution >= 0.6 is 11.6 Å². The summed E-state index contributed by atoms with van der Waals surface area (Å²) in [6, 6.07) is 4.39. The molecule has 0 fully saturated rings. The van der Waals surface area contributed by atoms with Gasteiger partial charge in [0.2, 0.25) is 0 Å². The zero-order valence-electron chi connectivity index (χ0n) is 8.11. The standard InChI is InChI=1S/C10H8ClFN4/c11-6-2-1-3-7(12)9(6)16-10-8(13)4-14-5-15-10/h1-5H,13H2,(H,14,15,16). The first-order valence-corrected chi connectivity index (χ1v) is 4.83. The lowest BCUT2D eigenvalue weighted by atomic mass is 10.3. The van der Waals surface area contributed by atoms with Crippen LogP contribution in [0.5, 0.6) is 0 Å². The molecule has 6 heteroatoms. The molecule has 1 aromatic carbocycles. The second-order valence-corrected chi connectivity index (χ2v) is 3.46. The average molecular weight is 239 g/mol. The van der Waals surface area contributed by atoms with Crippen LogP contribution in [0.1, 0.15) is 0 Å². The van der Waals surface area contributed by atoms with E-state index in [0.717, 1.165) is 0 Å². The third kappa shape index (κ3) is 2.04. The average Bonchev–Trinajstić information content (AvgIpc) is 2.26.